The molecule has 1 aliphatic heterocycles. The summed E-state index contributed by atoms with van der Waals surface area (Å²) in [6.07, 6.45) is 13.8. The first-order valence-corrected chi connectivity index (χ1v) is 9.42. The molecular weight excluding hydrogens is 256 g/mol. The molecule has 4 aliphatic rings. The standard InChI is InChI=1S/C19H32N2/c1-15-2-6-19(7-3-15)21-10-8-20(9-11-21)14-18-13-16-4-5-17(18)12-16/h4-5,15-19H,2-3,6-14H2,1H3/t15?,16-,17-,18-,19?/m1/s1. The second-order valence-corrected chi connectivity index (χ2v) is 8.29. The van der Waals surface area contributed by atoms with Crippen molar-refractivity contribution in [1.82, 2.24) is 9.80 Å². The normalized spacial score (nSPS) is 44.5. The summed E-state index contributed by atoms with van der Waals surface area (Å²) >= 11 is 0. The fourth-order valence-electron chi connectivity index (χ4n) is 5.35. The van der Waals surface area contributed by atoms with E-state index in [1.54, 1.807) is 0 Å². The molecule has 4 rings (SSSR count). The van der Waals surface area contributed by atoms with Crippen LogP contribution in [0.25, 0.3) is 0 Å². The maximum atomic E-state index is 2.81. The molecule has 21 heavy (non-hydrogen) atoms. The lowest BCUT2D eigenvalue weighted by Crippen LogP contribution is -2.52. The predicted molar refractivity (Wildman–Crippen MR) is 88.3 cm³/mol. The smallest absolute Gasteiger partial charge is 0.0113 e. The Hall–Kier alpha value is -0.340. The Morgan fingerprint density at radius 3 is 2.29 bits per heavy atom. The number of rotatable bonds is 3. The molecule has 2 heteroatoms. The average molecular weight is 288 g/mol. The number of nitrogens with zero attached hydrogens (tertiary/aromatic N) is 2. The van der Waals surface area contributed by atoms with E-state index >= 15 is 0 Å². The quantitative estimate of drug-likeness (QED) is 0.735. The molecular formula is C19H32N2. The molecule has 1 saturated heterocycles. The fraction of sp³-hybridized carbons (Fsp3) is 0.895. The summed E-state index contributed by atoms with van der Waals surface area (Å²) in [4.78, 5) is 5.57. The van der Waals surface area contributed by atoms with Gasteiger partial charge >= 0.3 is 0 Å². The van der Waals surface area contributed by atoms with Crippen LogP contribution in [0.3, 0.4) is 0 Å². The molecule has 2 nitrogen and oxygen atoms in total. The van der Waals surface area contributed by atoms with Gasteiger partial charge in [-0.15, -0.1) is 0 Å². The van der Waals surface area contributed by atoms with Gasteiger partial charge in [-0.05, 0) is 62.2 Å². The SMILES string of the molecule is CC1CCC(N2CCN(C[C@H]3C[C@@H]4C=C[C@@H]3C4)CC2)CC1. The van der Waals surface area contributed by atoms with Crippen LogP contribution < -0.4 is 0 Å². The van der Waals surface area contributed by atoms with Crippen molar-refractivity contribution in [3.05, 3.63) is 12.2 Å². The summed E-state index contributed by atoms with van der Waals surface area (Å²) in [5, 5.41) is 0. The molecule has 118 valence electrons. The number of hydrogen-bond acceptors (Lipinski definition) is 2. The van der Waals surface area contributed by atoms with E-state index in [1.165, 1.54) is 71.2 Å². The van der Waals surface area contributed by atoms with Gasteiger partial charge in [-0.2, -0.15) is 0 Å². The molecule has 3 fully saturated rings. The van der Waals surface area contributed by atoms with Crippen LogP contribution in [0.2, 0.25) is 0 Å². The van der Waals surface area contributed by atoms with Crippen LogP contribution in [0.1, 0.15) is 45.4 Å². The zero-order valence-electron chi connectivity index (χ0n) is 13.7. The lowest BCUT2D eigenvalue weighted by Gasteiger charge is -2.42. The first kappa shape index (κ1) is 14.3. The van der Waals surface area contributed by atoms with Gasteiger partial charge in [0.1, 0.15) is 0 Å². The van der Waals surface area contributed by atoms with Gasteiger partial charge in [0.2, 0.25) is 0 Å². The minimum absolute atomic E-state index is 0.911. The van der Waals surface area contributed by atoms with E-state index in [4.69, 9.17) is 0 Å². The molecule has 3 atom stereocenters. The lowest BCUT2D eigenvalue weighted by molar-refractivity contribution is 0.0628. The van der Waals surface area contributed by atoms with E-state index in [0.717, 1.165) is 29.7 Å². The van der Waals surface area contributed by atoms with Crippen molar-refractivity contribution < 1.29 is 0 Å². The molecule has 0 spiro atoms. The van der Waals surface area contributed by atoms with Gasteiger partial charge in [0.25, 0.3) is 0 Å². The van der Waals surface area contributed by atoms with E-state index in [1.807, 2.05) is 0 Å². The molecule has 0 unspecified atom stereocenters. The third-order valence-electron chi connectivity index (χ3n) is 6.82. The van der Waals surface area contributed by atoms with Gasteiger partial charge < -0.3 is 4.90 Å². The van der Waals surface area contributed by atoms with Gasteiger partial charge in [-0.3, -0.25) is 4.90 Å². The van der Waals surface area contributed by atoms with E-state index in [2.05, 4.69) is 28.9 Å². The molecule has 1 heterocycles. The van der Waals surface area contributed by atoms with Crippen molar-refractivity contribution in [2.75, 3.05) is 32.7 Å². The van der Waals surface area contributed by atoms with Gasteiger partial charge in [-0.25, -0.2) is 0 Å². The average Bonchev–Trinajstić information content (AvgIpc) is 3.12. The highest BCUT2D eigenvalue weighted by Crippen LogP contribution is 2.43. The molecule has 0 aromatic rings. The number of piperazine rings is 1. The van der Waals surface area contributed by atoms with Gasteiger partial charge in [0, 0.05) is 38.8 Å². The second kappa shape index (κ2) is 6.04. The molecule has 0 radical (unpaired) electrons. The number of hydrogen-bond donors (Lipinski definition) is 0. The number of fused-ring (bicyclic) bond motifs is 2. The highest BCUT2D eigenvalue weighted by Gasteiger charge is 2.37. The van der Waals surface area contributed by atoms with E-state index in [9.17, 15) is 0 Å². The first-order chi connectivity index (χ1) is 10.3. The summed E-state index contributed by atoms with van der Waals surface area (Å²) < 4.78 is 0. The zero-order chi connectivity index (χ0) is 14.2. The Bertz CT molecular complexity index is 375. The Labute approximate surface area is 130 Å². The van der Waals surface area contributed by atoms with Crippen LogP contribution >= 0.6 is 0 Å². The summed E-state index contributed by atoms with van der Waals surface area (Å²) in [5.41, 5.74) is 0. The molecule has 2 saturated carbocycles. The minimum atomic E-state index is 0.911. The summed E-state index contributed by atoms with van der Waals surface area (Å²) in [6.45, 7) is 9.11. The first-order valence-electron chi connectivity index (χ1n) is 9.42. The molecule has 0 aromatic heterocycles. The molecule has 0 aromatic carbocycles. The Morgan fingerprint density at radius 2 is 1.67 bits per heavy atom. The van der Waals surface area contributed by atoms with Gasteiger partial charge in [0.05, 0.1) is 0 Å². The van der Waals surface area contributed by atoms with Crippen molar-refractivity contribution >= 4 is 0 Å². The summed E-state index contributed by atoms with van der Waals surface area (Å²) in [7, 11) is 0. The van der Waals surface area contributed by atoms with Crippen LogP contribution in [0.5, 0.6) is 0 Å². The summed E-state index contributed by atoms with van der Waals surface area (Å²) in [6, 6.07) is 0.911. The van der Waals surface area contributed by atoms with Crippen molar-refractivity contribution in [2.45, 2.75) is 51.5 Å². The van der Waals surface area contributed by atoms with Crippen LogP contribution in [-0.2, 0) is 0 Å². The maximum Gasteiger partial charge on any atom is 0.0113 e. The predicted octanol–water partition coefficient (Wildman–Crippen LogP) is 3.39. The minimum Gasteiger partial charge on any atom is -0.300 e. The number of allylic oxidation sites excluding steroid dienone is 2. The Kier molecular flexibility index (Phi) is 4.10. The Balaban J connectivity index is 1.23. The van der Waals surface area contributed by atoms with Crippen molar-refractivity contribution in [2.24, 2.45) is 23.7 Å². The van der Waals surface area contributed by atoms with Crippen molar-refractivity contribution in [3.63, 3.8) is 0 Å². The largest absolute Gasteiger partial charge is 0.300 e. The second-order valence-electron chi connectivity index (χ2n) is 8.29. The van der Waals surface area contributed by atoms with Crippen molar-refractivity contribution in [1.29, 1.82) is 0 Å². The van der Waals surface area contributed by atoms with E-state index in [0.29, 0.717) is 0 Å². The van der Waals surface area contributed by atoms with Crippen LogP contribution in [0, 0.1) is 23.7 Å². The highest BCUT2D eigenvalue weighted by atomic mass is 15.3. The van der Waals surface area contributed by atoms with Crippen LogP contribution in [0.4, 0.5) is 0 Å². The molecule has 2 bridgehead atoms. The van der Waals surface area contributed by atoms with E-state index < -0.39 is 0 Å². The molecule has 0 N–H and O–H groups in total. The lowest BCUT2D eigenvalue weighted by atomic mass is 9.86. The van der Waals surface area contributed by atoms with Crippen molar-refractivity contribution in [3.8, 4) is 0 Å². The highest BCUT2D eigenvalue weighted by molar-refractivity contribution is 5.10. The zero-order valence-corrected chi connectivity index (χ0v) is 13.7. The van der Waals surface area contributed by atoms with E-state index in [-0.39, 0.29) is 0 Å². The third kappa shape index (κ3) is 3.07. The topological polar surface area (TPSA) is 6.48 Å². The summed E-state index contributed by atoms with van der Waals surface area (Å²) in [5.74, 6) is 3.81. The van der Waals surface area contributed by atoms with Crippen LogP contribution in [0.15, 0.2) is 12.2 Å². The monoisotopic (exact) mass is 288 g/mol. The molecule has 0 amide bonds. The van der Waals surface area contributed by atoms with Crippen LogP contribution in [-0.4, -0.2) is 48.6 Å². The maximum absolute atomic E-state index is 2.81. The molecule has 3 aliphatic carbocycles. The third-order valence-corrected chi connectivity index (χ3v) is 6.82. The van der Waals surface area contributed by atoms with Gasteiger partial charge in [-0.1, -0.05) is 19.1 Å². The fourth-order valence-corrected chi connectivity index (χ4v) is 5.35. The Morgan fingerprint density at radius 1 is 0.905 bits per heavy atom. The van der Waals surface area contributed by atoms with Gasteiger partial charge in [0.15, 0.2) is 0 Å².